The molecule has 0 heterocycles. The Bertz CT molecular complexity index is 614. The van der Waals surface area contributed by atoms with E-state index in [0.29, 0.717) is 29.3 Å². The van der Waals surface area contributed by atoms with Crippen molar-refractivity contribution in [3.8, 4) is 0 Å². The van der Waals surface area contributed by atoms with Crippen LogP contribution in [0.1, 0.15) is 11.1 Å². The van der Waals surface area contributed by atoms with Crippen LogP contribution in [0, 0.1) is 0 Å². The first-order valence-electron chi connectivity index (χ1n) is 10.9. The lowest BCUT2D eigenvalue weighted by Crippen LogP contribution is -2.35. The average Bonchev–Trinajstić information content (AvgIpc) is 2.66. The first-order chi connectivity index (χ1) is 13.9. The zero-order valence-corrected chi connectivity index (χ0v) is 26.1. The molecule has 9 heteroatoms. The van der Waals surface area contributed by atoms with Crippen LogP contribution in [0.15, 0.2) is 30.8 Å². The smallest absolute Gasteiger partial charge is 0.215 e. The number of rotatable bonds is 16. The summed E-state index contributed by atoms with van der Waals surface area (Å²) in [5.41, 5.74) is 2.56. The summed E-state index contributed by atoms with van der Waals surface area (Å²) >= 11 is 0. The SMILES string of the molecule is C=Cc1ccc(CC[Si]O[Si](C)(C)CC[Si]O[Si](C)(C)CC[Si]O[Si](C)(C)C)cc1. The van der Waals surface area contributed by atoms with E-state index in [4.69, 9.17) is 12.3 Å². The van der Waals surface area contributed by atoms with Crippen LogP contribution in [0.4, 0.5) is 0 Å². The highest BCUT2D eigenvalue weighted by atomic mass is 28.4. The molecule has 0 aliphatic heterocycles. The predicted octanol–water partition coefficient (Wildman–Crippen LogP) is 6.28. The minimum absolute atomic E-state index is 0.605. The van der Waals surface area contributed by atoms with Crippen LogP contribution in [0.5, 0.6) is 0 Å². The van der Waals surface area contributed by atoms with Gasteiger partial charge in [0.2, 0.25) is 29.3 Å². The fraction of sp³-hybridized carbons (Fsp3) is 0.619. The highest BCUT2D eigenvalue weighted by Crippen LogP contribution is 2.18. The van der Waals surface area contributed by atoms with E-state index in [1.165, 1.54) is 23.2 Å². The van der Waals surface area contributed by atoms with Crippen LogP contribution < -0.4 is 0 Å². The van der Waals surface area contributed by atoms with Gasteiger partial charge in [-0.2, -0.15) is 0 Å². The standard InChI is InChI=1S/C21H40O3Si6/c1-9-20-10-12-21(13-11-20)14-15-25-23-29(5,6)19-17-27-24-30(7,8)18-16-26-22-28(2,3)4/h9-13H,1,14-19H2,2-8H3. The molecular formula is C21H40O3Si6. The van der Waals surface area contributed by atoms with Gasteiger partial charge in [0.1, 0.15) is 0 Å². The molecule has 0 saturated heterocycles. The van der Waals surface area contributed by atoms with E-state index in [1.54, 1.807) is 0 Å². The summed E-state index contributed by atoms with van der Waals surface area (Å²) in [6, 6.07) is 14.5. The van der Waals surface area contributed by atoms with Crippen LogP contribution >= 0.6 is 0 Å². The second-order valence-corrected chi connectivity index (χ2v) is 26.9. The van der Waals surface area contributed by atoms with Gasteiger partial charge in [-0.15, -0.1) is 0 Å². The first kappa shape index (κ1) is 28.2. The lowest BCUT2D eigenvalue weighted by atomic mass is 10.1. The van der Waals surface area contributed by atoms with Crippen molar-refractivity contribution in [3.05, 3.63) is 42.0 Å². The van der Waals surface area contributed by atoms with Gasteiger partial charge in [-0.25, -0.2) is 0 Å². The molecular weight excluding hydrogens is 469 g/mol. The van der Waals surface area contributed by atoms with Crippen LogP contribution in [-0.2, 0) is 18.8 Å². The van der Waals surface area contributed by atoms with Crippen molar-refractivity contribution in [1.29, 1.82) is 0 Å². The lowest BCUT2D eigenvalue weighted by Gasteiger charge is -2.26. The monoisotopic (exact) mass is 508 g/mol. The average molecular weight is 509 g/mol. The van der Waals surface area contributed by atoms with E-state index in [1.807, 2.05) is 6.08 Å². The van der Waals surface area contributed by atoms with E-state index < -0.39 is 25.0 Å². The van der Waals surface area contributed by atoms with Gasteiger partial charge in [0.15, 0.2) is 25.0 Å². The first-order valence-corrected chi connectivity index (χ1v) is 23.8. The van der Waals surface area contributed by atoms with Gasteiger partial charge < -0.3 is 12.3 Å². The van der Waals surface area contributed by atoms with Crippen molar-refractivity contribution in [2.45, 2.75) is 82.5 Å². The Kier molecular flexibility index (Phi) is 12.8. The molecule has 30 heavy (non-hydrogen) atoms. The molecule has 0 amide bonds. The molecule has 1 aromatic carbocycles. The van der Waals surface area contributed by atoms with Gasteiger partial charge in [0, 0.05) is 0 Å². The van der Waals surface area contributed by atoms with E-state index >= 15 is 0 Å². The molecule has 6 radical (unpaired) electrons. The highest BCUT2D eigenvalue weighted by Gasteiger charge is 2.25. The molecule has 0 N–H and O–H groups in total. The van der Waals surface area contributed by atoms with Gasteiger partial charge in [-0.3, -0.25) is 0 Å². The third-order valence-electron chi connectivity index (χ3n) is 4.46. The minimum atomic E-state index is -1.58. The molecule has 0 aliphatic rings. The minimum Gasteiger partial charge on any atom is -0.456 e. The second-order valence-electron chi connectivity index (χ2n) is 9.82. The fourth-order valence-corrected chi connectivity index (χ4v) is 15.5. The van der Waals surface area contributed by atoms with Crippen molar-refractivity contribution in [3.63, 3.8) is 0 Å². The van der Waals surface area contributed by atoms with Crippen molar-refractivity contribution in [1.82, 2.24) is 0 Å². The van der Waals surface area contributed by atoms with Crippen molar-refractivity contribution in [2.75, 3.05) is 0 Å². The van der Waals surface area contributed by atoms with E-state index in [0.717, 1.165) is 24.6 Å². The molecule has 0 saturated carbocycles. The van der Waals surface area contributed by atoms with E-state index in [9.17, 15) is 0 Å². The number of hydrogen-bond donors (Lipinski definition) is 0. The van der Waals surface area contributed by atoms with Crippen molar-refractivity contribution in [2.24, 2.45) is 0 Å². The normalized spacial score (nSPS) is 12.9. The zero-order chi connectivity index (χ0) is 22.7. The molecule has 166 valence electrons. The summed E-state index contributed by atoms with van der Waals surface area (Å²) < 4.78 is 18.7. The predicted molar refractivity (Wildman–Crippen MR) is 143 cm³/mol. The van der Waals surface area contributed by atoms with Crippen molar-refractivity contribution >= 4 is 60.3 Å². The molecule has 0 unspecified atom stereocenters. The summed E-state index contributed by atoms with van der Waals surface area (Å²) in [4.78, 5) is 0. The largest absolute Gasteiger partial charge is 0.456 e. The fourth-order valence-electron chi connectivity index (χ4n) is 2.58. The van der Waals surface area contributed by atoms with Crippen LogP contribution in [0.3, 0.4) is 0 Å². The Balaban J connectivity index is 2.15. The Morgan fingerprint density at radius 2 is 1.20 bits per heavy atom. The molecule has 0 bridgehead atoms. The Labute approximate surface area is 196 Å². The Hall–Kier alpha value is 0.141. The molecule has 0 aliphatic carbocycles. The summed E-state index contributed by atoms with van der Waals surface area (Å²) in [5, 5.41) is 0. The van der Waals surface area contributed by atoms with Gasteiger partial charge in [-0.05, 0) is 93.6 Å². The topological polar surface area (TPSA) is 27.7 Å². The maximum absolute atomic E-state index is 6.35. The maximum Gasteiger partial charge on any atom is 0.215 e. The summed E-state index contributed by atoms with van der Waals surface area (Å²) in [7, 11) is -2.62. The molecule has 1 aromatic rings. The highest BCUT2D eigenvalue weighted by molar-refractivity contribution is 6.78. The number of hydrogen-bond acceptors (Lipinski definition) is 3. The molecule has 0 fully saturated rings. The maximum atomic E-state index is 6.35. The number of aryl methyl sites for hydroxylation is 1. The molecule has 0 atom stereocenters. The van der Waals surface area contributed by atoms with Gasteiger partial charge >= 0.3 is 0 Å². The van der Waals surface area contributed by atoms with Crippen molar-refractivity contribution < 1.29 is 12.3 Å². The van der Waals surface area contributed by atoms with E-state index in [-0.39, 0.29) is 0 Å². The summed E-state index contributed by atoms with van der Waals surface area (Å²) in [6.07, 6.45) is 2.98. The third kappa shape index (κ3) is 14.2. The molecule has 3 nitrogen and oxygen atoms in total. The third-order valence-corrected chi connectivity index (χ3v) is 18.3. The van der Waals surface area contributed by atoms with Crippen LogP contribution in [-0.4, -0.2) is 54.2 Å². The summed E-state index contributed by atoms with van der Waals surface area (Å²) in [6.45, 7) is 20.0. The molecule has 1 rings (SSSR count). The second kappa shape index (κ2) is 13.6. The summed E-state index contributed by atoms with van der Waals surface area (Å²) in [5.74, 6) is 0. The van der Waals surface area contributed by atoms with Gasteiger partial charge in [0.25, 0.3) is 0 Å². The van der Waals surface area contributed by atoms with E-state index in [2.05, 4.69) is 76.7 Å². The Morgan fingerprint density at radius 3 is 1.67 bits per heavy atom. The number of benzene rings is 1. The molecule has 0 spiro atoms. The van der Waals surface area contributed by atoms with Gasteiger partial charge in [0.05, 0.1) is 0 Å². The van der Waals surface area contributed by atoms with Gasteiger partial charge in [-0.1, -0.05) is 36.9 Å². The zero-order valence-electron chi connectivity index (χ0n) is 20.1. The Morgan fingerprint density at radius 1 is 0.733 bits per heavy atom. The van der Waals surface area contributed by atoms with Crippen LogP contribution in [0.2, 0.25) is 76.0 Å². The van der Waals surface area contributed by atoms with Crippen LogP contribution in [0.25, 0.3) is 6.08 Å². The molecule has 0 aromatic heterocycles. The quantitative estimate of drug-likeness (QED) is 0.194. The lowest BCUT2D eigenvalue weighted by molar-refractivity contribution is 0.567.